The molecular weight excluding hydrogens is 328 g/mol. The number of fused-ring (bicyclic) bond motifs is 3. The Morgan fingerprint density at radius 1 is 1.47 bits per heavy atom. The van der Waals surface area contributed by atoms with Gasteiger partial charge < -0.3 is 0 Å². The SMILES string of the molecule is CCSc1n[n+]2cnc3ccc(Br)cc3c2c(=O)[nH]1. The molecule has 1 aromatic carbocycles. The summed E-state index contributed by atoms with van der Waals surface area (Å²) in [6.45, 7) is 2.01. The number of aromatic nitrogens is 4. The van der Waals surface area contributed by atoms with Crippen molar-refractivity contribution in [1.82, 2.24) is 15.1 Å². The van der Waals surface area contributed by atoms with Crippen LogP contribution in [0.15, 0.2) is 39.0 Å². The molecule has 0 fully saturated rings. The first-order valence-electron chi connectivity index (χ1n) is 5.72. The van der Waals surface area contributed by atoms with E-state index in [1.165, 1.54) is 16.3 Å². The molecule has 5 nitrogen and oxygen atoms in total. The van der Waals surface area contributed by atoms with Gasteiger partial charge in [0.2, 0.25) is 10.7 Å². The molecule has 1 N–H and O–H groups in total. The lowest BCUT2D eigenvalue weighted by atomic mass is 10.2. The molecule has 0 unspecified atom stereocenters. The van der Waals surface area contributed by atoms with E-state index in [0.29, 0.717) is 10.7 Å². The number of nitrogens with one attached hydrogen (secondary N) is 1. The van der Waals surface area contributed by atoms with Gasteiger partial charge in [0, 0.05) is 4.47 Å². The Kier molecular flexibility index (Phi) is 3.24. The molecule has 19 heavy (non-hydrogen) atoms. The number of benzene rings is 1. The monoisotopic (exact) mass is 337 g/mol. The molecule has 0 saturated heterocycles. The van der Waals surface area contributed by atoms with E-state index in [2.05, 4.69) is 31.0 Å². The van der Waals surface area contributed by atoms with Gasteiger partial charge in [0.1, 0.15) is 0 Å². The first-order valence-corrected chi connectivity index (χ1v) is 7.50. The van der Waals surface area contributed by atoms with Crippen molar-refractivity contribution in [2.45, 2.75) is 12.1 Å². The van der Waals surface area contributed by atoms with Crippen molar-refractivity contribution in [2.75, 3.05) is 5.75 Å². The number of rotatable bonds is 2. The lowest BCUT2D eigenvalue weighted by Crippen LogP contribution is -2.35. The van der Waals surface area contributed by atoms with Gasteiger partial charge in [-0.25, -0.2) is 0 Å². The normalized spacial score (nSPS) is 11.3. The fourth-order valence-corrected chi connectivity index (χ4v) is 2.84. The Hall–Kier alpha value is -1.47. The zero-order chi connectivity index (χ0) is 13.4. The van der Waals surface area contributed by atoms with Gasteiger partial charge in [-0.05, 0) is 28.9 Å². The summed E-state index contributed by atoms with van der Waals surface area (Å²) in [5.74, 6) is 0.849. The van der Waals surface area contributed by atoms with E-state index in [1.54, 1.807) is 6.33 Å². The van der Waals surface area contributed by atoms with E-state index in [1.807, 2.05) is 25.1 Å². The lowest BCUT2D eigenvalue weighted by Gasteiger charge is -1.99. The third-order valence-corrected chi connectivity index (χ3v) is 3.90. The summed E-state index contributed by atoms with van der Waals surface area (Å²) in [5, 5.41) is 5.73. The Morgan fingerprint density at radius 2 is 2.32 bits per heavy atom. The maximum absolute atomic E-state index is 12.2. The molecule has 0 aliphatic carbocycles. The van der Waals surface area contributed by atoms with Gasteiger partial charge in [-0.3, -0.25) is 9.78 Å². The summed E-state index contributed by atoms with van der Waals surface area (Å²) in [4.78, 5) is 19.3. The first kappa shape index (κ1) is 12.6. The number of hydrogen-bond donors (Lipinski definition) is 1. The number of H-pyrrole nitrogens is 1. The average molecular weight is 338 g/mol. The van der Waals surface area contributed by atoms with Crippen molar-refractivity contribution < 1.29 is 4.52 Å². The molecule has 0 aliphatic heterocycles. The van der Waals surface area contributed by atoms with Gasteiger partial charge in [0.25, 0.3) is 0 Å². The summed E-state index contributed by atoms with van der Waals surface area (Å²) < 4.78 is 2.44. The van der Waals surface area contributed by atoms with Crippen LogP contribution in [-0.2, 0) is 0 Å². The second-order valence-corrected chi connectivity index (χ2v) is 6.06. The fourth-order valence-electron chi connectivity index (χ4n) is 1.89. The second-order valence-electron chi connectivity index (χ2n) is 3.89. The lowest BCUT2D eigenvalue weighted by molar-refractivity contribution is -0.589. The largest absolute Gasteiger partial charge is 0.312 e. The third kappa shape index (κ3) is 2.23. The van der Waals surface area contributed by atoms with Gasteiger partial charge in [-0.1, -0.05) is 44.2 Å². The molecule has 2 aromatic heterocycles. The molecule has 7 heteroatoms. The fraction of sp³-hybridized carbons (Fsp3) is 0.167. The molecule has 0 saturated carbocycles. The van der Waals surface area contributed by atoms with E-state index >= 15 is 0 Å². The predicted octanol–water partition coefficient (Wildman–Crippen LogP) is 1.93. The molecule has 2 heterocycles. The highest BCUT2D eigenvalue weighted by molar-refractivity contribution is 9.10. The Bertz CT molecular complexity index is 833. The van der Waals surface area contributed by atoms with Gasteiger partial charge in [-0.15, -0.1) is 0 Å². The average Bonchev–Trinajstić information content (AvgIpc) is 2.38. The topological polar surface area (TPSA) is 62.7 Å². The van der Waals surface area contributed by atoms with Crippen LogP contribution in [0.2, 0.25) is 0 Å². The van der Waals surface area contributed by atoms with Crippen molar-refractivity contribution in [1.29, 1.82) is 0 Å². The van der Waals surface area contributed by atoms with Crippen molar-refractivity contribution in [3.05, 3.63) is 39.4 Å². The minimum atomic E-state index is -0.156. The molecule has 0 aliphatic rings. The Balaban J connectivity index is 2.42. The van der Waals surface area contributed by atoms with Gasteiger partial charge in [0.05, 0.1) is 5.39 Å². The van der Waals surface area contributed by atoms with Crippen LogP contribution in [0, 0.1) is 0 Å². The zero-order valence-electron chi connectivity index (χ0n) is 10.1. The van der Waals surface area contributed by atoms with Crippen LogP contribution in [0.25, 0.3) is 16.4 Å². The molecule has 3 aromatic rings. The molecule has 0 radical (unpaired) electrons. The molecule has 3 rings (SSSR count). The number of thioether (sulfide) groups is 1. The second kappa shape index (κ2) is 4.90. The Labute approximate surface area is 121 Å². The Morgan fingerprint density at radius 3 is 3.11 bits per heavy atom. The van der Waals surface area contributed by atoms with Gasteiger partial charge >= 0.3 is 11.9 Å². The summed E-state index contributed by atoms with van der Waals surface area (Å²) in [5.41, 5.74) is 1.12. The van der Waals surface area contributed by atoms with E-state index in [0.717, 1.165) is 21.1 Å². The number of aromatic amines is 1. The smallest absolute Gasteiger partial charge is 0.295 e. The van der Waals surface area contributed by atoms with Crippen LogP contribution in [0.1, 0.15) is 6.92 Å². The minimum Gasteiger partial charge on any atom is -0.295 e. The highest BCUT2D eigenvalue weighted by Crippen LogP contribution is 2.18. The number of hydrogen-bond acceptors (Lipinski definition) is 4. The van der Waals surface area contributed by atoms with Crippen LogP contribution in [0.5, 0.6) is 0 Å². The minimum absolute atomic E-state index is 0.156. The van der Waals surface area contributed by atoms with Crippen LogP contribution in [0.3, 0.4) is 0 Å². The van der Waals surface area contributed by atoms with Crippen molar-refractivity contribution in [3.8, 4) is 0 Å². The van der Waals surface area contributed by atoms with E-state index in [-0.39, 0.29) is 5.56 Å². The summed E-state index contributed by atoms with van der Waals surface area (Å²) in [6, 6.07) is 5.64. The summed E-state index contributed by atoms with van der Waals surface area (Å²) >= 11 is 4.90. The maximum Gasteiger partial charge on any atom is 0.312 e. The standard InChI is InChI=1S/C12H9BrN4OS/c1-2-19-12-15-11(18)10-8-5-7(13)3-4-9(8)14-6-17(10)16-12/h3-6H,2H2,1H3/p+1. The van der Waals surface area contributed by atoms with Crippen LogP contribution >= 0.6 is 27.7 Å². The van der Waals surface area contributed by atoms with E-state index < -0.39 is 0 Å². The van der Waals surface area contributed by atoms with Crippen molar-refractivity contribution in [3.63, 3.8) is 0 Å². The van der Waals surface area contributed by atoms with Crippen molar-refractivity contribution in [2.24, 2.45) is 0 Å². The highest BCUT2D eigenvalue weighted by Gasteiger charge is 2.15. The van der Waals surface area contributed by atoms with Gasteiger partial charge in [0.15, 0.2) is 5.52 Å². The van der Waals surface area contributed by atoms with E-state index in [4.69, 9.17) is 0 Å². The van der Waals surface area contributed by atoms with Crippen LogP contribution in [0.4, 0.5) is 0 Å². The van der Waals surface area contributed by atoms with Crippen molar-refractivity contribution >= 4 is 44.1 Å². The zero-order valence-corrected chi connectivity index (χ0v) is 12.5. The molecular formula is C12H10BrN4OS+. The maximum atomic E-state index is 12.2. The van der Waals surface area contributed by atoms with Crippen LogP contribution < -0.4 is 10.1 Å². The van der Waals surface area contributed by atoms with Gasteiger partial charge in [-0.2, -0.15) is 0 Å². The summed E-state index contributed by atoms with van der Waals surface area (Å²) in [6.07, 6.45) is 1.57. The highest BCUT2D eigenvalue weighted by atomic mass is 79.9. The molecule has 0 bridgehead atoms. The number of halogens is 1. The molecule has 0 amide bonds. The summed E-state index contributed by atoms with van der Waals surface area (Å²) in [7, 11) is 0. The molecule has 96 valence electrons. The third-order valence-electron chi connectivity index (χ3n) is 2.66. The predicted molar refractivity (Wildman–Crippen MR) is 77.4 cm³/mol. The molecule has 0 atom stereocenters. The first-order chi connectivity index (χ1) is 9.19. The number of nitrogens with zero attached hydrogens (tertiary/aromatic N) is 3. The quantitative estimate of drug-likeness (QED) is 0.441. The molecule has 0 spiro atoms. The van der Waals surface area contributed by atoms with E-state index in [9.17, 15) is 4.79 Å². The van der Waals surface area contributed by atoms with Crippen LogP contribution in [-0.4, -0.2) is 20.8 Å².